The Bertz CT molecular complexity index is 503. The Morgan fingerprint density at radius 3 is 2.68 bits per heavy atom. The summed E-state index contributed by atoms with van der Waals surface area (Å²) in [6.45, 7) is 0.765. The Morgan fingerprint density at radius 2 is 2.09 bits per heavy atom. The molecule has 2 aliphatic heterocycles. The lowest BCUT2D eigenvalue weighted by Crippen LogP contribution is -2.44. The lowest BCUT2D eigenvalue weighted by molar-refractivity contribution is -0.150. The van der Waals surface area contributed by atoms with Crippen molar-refractivity contribution in [2.75, 3.05) is 33.2 Å². The van der Waals surface area contributed by atoms with Crippen LogP contribution in [-0.2, 0) is 14.4 Å². The molecule has 1 aliphatic carbocycles. The number of hydrogen-bond acceptors (Lipinski definition) is 4. The van der Waals surface area contributed by atoms with Crippen LogP contribution >= 0.6 is 0 Å². The van der Waals surface area contributed by atoms with Crippen LogP contribution < -0.4 is 5.32 Å². The quantitative estimate of drug-likeness (QED) is 0.732. The topological polar surface area (TPSA) is 90.0 Å². The first-order valence-corrected chi connectivity index (χ1v) is 7.93. The first kappa shape index (κ1) is 15.3. The Kier molecular flexibility index (Phi) is 3.84. The Hall–Kier alpha value is -1.63. The van der Waals surface area contributed by atoms with Gasteiger partial charge in [0.1, 0.15) is 5.41 Å². The van der Waals surface area contributed by atoms with E-state index in [-0.39, 0.29) is 31.4 Å². The number of hydrogen-bond donors (Lipinski definition) is 2. The van der Waals surface area contributed by atoms with Gasteiger partial charge in [-0.1, -0.05) is 12.8 Å². The molecule has 3 fully saturated rings. The van der Waals surface area contributed by atoms with Crippen molar-refractivity contribution in [3.63, 3.8) is 0 Å². The second-order valence-electron chi connectivity index (χ2n) is 6.86. The van der Waals surface area contributed by atoms with Crippen LogP contribution in [0.1, 0.15) is 25.7 Å². The average Bonchev–Trinajstić information content (AvgIpc) is 3.16. The Labute approximate surface area is 129 Å². The maximum Gasteiger partial charge on any atom is 0.314 e. The fourth-order valence-corrected chi connectivity index (χ4v) is 4.06. The van der Waals surface area contributed by atoms with Gasteiger partial charge < -0.3 is 15.3 Å². The van der Waals surface area contributed by atoms with E-state index in [2.05, 4.69) is 10.2 Å². The van der Waals surface area contributed by atoms with Gasteiger partial charge in [0.25, 0.3) is 0 Å². The predicted molar refractivity (Wildman–Crippen MR) is 78.0 cm³/mol. The van der Waals surface area contributed by atoms with Crippen LogP contribution in [0.25, 0.3) is 0 Å². The van der Waals surface area contributed by atoms with Crippen LogP contribution in [0.5, 0.6) is 0 Å². The molecule has 1 saturated carbocycles. The van der Waals surface area contributed by atoms with Gasteiger partial charge in [-0.15, -0.1) is 0 Å². The van der Waals surface area contributed by atoms with Crippen LogP contribution in [0.15, 0.2) is 0 Å². The van der Waals surface area contributed by atoms with Gasteiger partial charge >= 0.3 is 5.97 Å². The summed E-state index contributed by atoms with van der Waals surface area (Å²) in [4.78, 5) is 39.6. The van der Waals surface area contributed by atoms with E-state index in [9.17, 15) is 19.5 Å². The van der Waals surface area contributed by atoms with Gasteiger partial charge in [-0.25, -0.2) is 0 Å². The molecule has 3 aliphatic rings. The second kappa shape index (κ2) is 5.53. The highest BCUT2D eigenvalue weighted by molar-refractivity contribution is 5.94. The molecule has 2 atom stereocenters. The number of amides is 2. The molecule has 0 unspecified atom stereocenters. The van der Waals surface area contributed by atoms with Crippen LogP contribution in [0, 0.1) is 11.3 Å². The molecule has 2 amide bonds. The van der Waals surface area contributed by atoms with E-state index in [1.807, 2.05) is 7.05 Å². The van der Waals surface area contributed by atoms with Crippen molar-refractivity contribution < 1.29 is 19.5 Å². The molecule has 0 spiro atoms. The van der Waals surface area contributed by atoms with Gasteiger partial charge in [0.05, 0.1) is 12.5 Å². The zero-order valence-electron chi connectivity index (χ0n) is 12.9. The molecular weight excluding hydrogens is 286 g/mol. The van der Waals surface area contributed by atoms with E-state index in [0.717, 1.165) is 12.8 Å². The second-order valence-corrected chi connectivity index (χ2v) is 6.86. The Morgan fingerprint density at radius 1 is 1.41 bits per heavy atom. The molecule has 3 rings (SSSR count). The molecule has 2 heterocycles. The lowest BCUT2D eigenvalue weighted by atomic mass is 9.81. The fraction of sp³-hybridized carbons (Fsp3) is 0.800. The molecule has 0 radical (unpaired) electrons. The number of likely N-dealkylation sites (tertiary alicyclic amines) is 1. The average molecular weight is 309 g/mol. The van der Waals surface area contributed by atoms with Crippen molar-refractivity contribution >= 4 is 17.8 Å². The van der Waals surface area contributed by atoms with Gasteiger partial charge in [0, 0.05) is 25.7 Å². The molecule has 7 nitrogen and oxygen atoms in total. The lowest BCUT2D eigenvalue weighted by Gasteiger charge is -2.27. The van der Waals surface area contributed by atoms with E-state index in [1.165, 1.54) is 12.8 Å². The number of carboxylic acid groups (broad SMARTS) is 1. The minimum Gasteiger partial charge on any atom is -0.481 e. The van der Waals surface area contributed by atoms with Crippen molar-refractivity contribution in [3.8, 4) is 0 Å². The molecule has 2 N–H and O–H groups in total. The highest BCUT2D eigenvalue weighted by Crippen LogP contribution is 2.40. The molecule has 0 aromatic rings. The van der Waals surface area contributed by atoms with Gasteiger partial charge in [0.15, 0.2) is 0 Å². The molecule has 122 valence electrons. The van der Waals surface area contributed by atoms with Crippen LogP contribution in [-0.4, -0.2) is 72.0 Å². The van der Waals surface area contributed by atoms with Gasteiger partial charge in [0.2, 0.25) is 11.8 Å². The first-order chi connectivity index (χ1) is 10.4. The molecular formula is C15H23N3O4. The largest absolute Gasteiger partial charge is 0.481 e. The van der Waals surface area contributed by atoms with Crippen LogP contribution in [0.2, 0.25) is 0 Å². The maximum atomic E-state index is 12.5. The molecule has 7 heteroatoms. The monoisotopic (exact) mass is 309 g/mol. The standard InChI is InChI=1S/C15H23N3O4/c1-17(10-4-2-3-5-10)7-12(19)18-6-11-13(20)16-8-15(11,9-18)14(21)22/h10-11H,2-9H2,1H3,(H,16,20)(H,21,22)/t11-,15+/m0/s1. The number of aliphatic carboxylic acids is 1. The summed E-state index contributed by atoms with van der Waals surface area (Å²) in [5, 5.41) is 12.1. The van der Waals surface area contributed by atoms with Crippen molar-refractivity contribution in [2.45, 2.75) is 31.7 Å². The first-order valence-electron chi connectivity index (χ1n) is 7.93. The molecule has 0 aromatic carbocycles. The SMILES string of the molecule is CN(CC(=O)N1C[C@H]2C(=O)NC[C@@]2(C(=O)O)C1)C1CCCC1. The van der Waals surface area contributed by atoms with E-state index in [4.69, 9.17) is 0 Å². The summed E-state index contributed by atoms with van der Waals surface area (Å²) in [6, 6.07) is 0.447. The predicted octanol–water partition coefficient (Wildman–Crippen LogP) is -0.480. The molecule has 22 heavy (non-hydrogen) atoms. The van der Waals surface area contributed by atoms with Crippen LogP contribution in [0.3, 0.4) is 0 Å². The summed E-state index contributed by atoms with van der Waals surface area (Å²) in [5.74, 6) is -1.93. The van der Waals surface area contributed by atoms with Gasteiger partial charge in [-0.05, 0) is 19.9 Å². The number of nitrogens with zero attached hydrogens (tertiary/aromatic N) is 2. The third-order valence-electron chi connectivity index (χ3n) is 5.55. The van der Waals surface area contributed by atoms with Crippen LogP contribution in [0.4, 0.5) is 0 Å². The number of carbonyl (C=O) groups is 3. The van der Waals surface area contributed by atoms with Crippen molar-refractivity contribution in [2.24, 2.45) is 11.3 Å². The zero-order valence-corrected chi connectivity index (χ0v) is 12.9. The number of likely N-dealkylation sites (N-methyl/N-ethyl adjacent to an activating group) is 1. The number of nitrogens with one attached hydrogen (secondary N) is 1. The normalized spacial score (nSPS) is 31.6. The summed E-state index contributed by atoms with van der Waals surface area (Å²) in [5.41, 5.74) is -1.14. The summed E-state index contributed by atoms with van der Waals surface area (Å²) < 4.78 is 0. The number of fused-ring (bicyclic) bond motifs is 1. The number of carbonyl (C=O) groups excluding carboxylic acids is 2. The van der Waals surface area contributed by atoms with E-state index >= 15 is 0 Å². The third-order valence-corrected chi connectivity index (χ3v) is 5.55. The van der Waals surface area contributed by atoms with E-state index in [0.29, 0.717) is 12.6 Å². The Balaban J connectivity index is 1.65. The minimum absolute atomic E-state index is 0.0720. The molecule has 0 bridgehead atoms. The van der Waals surface area contributed by atoms with Crippen molar-refractivity contribution in [1.29, 1.82) is 0 Å². The van der Waals surface area contributed by atoms with E-state index in [1.54, 1.807) is 4.90 Å². The van der Waals surface area contributed by atoms with Crippen molar-refractivity contribution in [3.05, 3.63) is 0 Å². The van der Waals surface area contributed by atoms with Crippen molar-refractivity contribution in [1.82, 2.24) is 15.1 Å². The summed E-state index contributed by atoms with van der Waals surface area (Å²) in [7, 11) is 1.95. The van der Waals surface area contributed by atoms with Gasteiger partial charge in [-0.3, -0.25) is 19.3 Å². The number of carboxylic acids is 1. The highest BCUT2D eigenvalue weighted by Gasteiger charge is 2.60. The maximum absolute atomic E-state index is 12.5. The minimum atomic E-state index is -1.14. The highest BCUT2D eigenvalue weighted by atomic mass is 16.4. The van der Waals surface area contributed by atoms with E-state index < -0.39 is 17.3 Å². The molecule has 0 aromatic heterocycles. The smallest absolute Gasteiger partial charge is 0.314 e. The number of rotatable bonds is 4. The fourth-order valence-electron chi connectivity index (χ4n) is 4.06. The summed E-state index contributed by atoms with van der Waals surface area (Å²) in [6.07, 6.45) is 4.65. The molecule has 2 saturated heterocycles. The van der Waals surface area contributed by atoms with Gasteiger partial charge in [-0.2, -0.15) is 0 Å². The zero-order chi connectivity index (χ0) is 15.9. The third kappa shape index (κ3) is 2.37. The summed E-state index contributed by atoms with van der Waals surface area (Å²) >= 11 is 0.